The highest BCUT2D eigenvalue weighted by atomic mass is 35.5. The van der Waals surface area contributed by atoms with Crippen molar-refractivity contribution in [2.75, 3.05) is 37.6 Å². The minimum atomic E-state index is -0.458. The molecular weight excluding hydrogens is 504 g/mol. The molecule has 2 saturated heterocycles. The lowest BCUT2D eigenvalue weighted by Crippen LogP contribution is -2.58. The third-order valence-electron chi connectivity index (χ3n) is 7.20. The SMILES string of the molecule is CC[C@H]1CN(c2ncc(CNC(=O)NN)cc2Cl)CCN1C1CCN(Cc2ccc(Cl)cc2F)CC1. The molecule has 0 spiro atoms. The zero-order chi connectivity index (χ0) is 25.7. The van der Waals surface area contributed by atoms with E-state index in [1.165, 1.54) is 6.07 Å². The molecule has 0 bridgehead atoms. The number of pyridine rings is 1. The largest absolute Gasteiger partial charge is 0.353 e. The van der Waals surface area contributed by atoms with E-state index in [0.717, 1.165) is 63.4 Å². The zero-order valence-electron chi connectivity index (χ0n) is 20.5. The molecule has 8 nitrogen and oxygen atoms in total. The van der Waals surface area contributed by atoms with E-state index >= 15 is 0 Å². The van der Waals surface area contributed by atoms with Crippen LogP contribution < -0.4 is 21.5 Å². The van der Waals surface area contributed by atoms with Crippen molar-refractivity contribution in [3.05, 3.63) is 57.5 Å². The lowest BCUT2D eigenvalue weighted by Gasteiger charge is -2.47. The number of amides is 2. The summed E-state index contributed by atoms with van der Waals surface area (Å²) in [6.07, 6.45) is 4.93. The van der Waals surface area contributed by atoms with E-state index in [1.807, 2.05) is 11.5 Å². The third kappa shape index (κ3) is 6.58. The van der Waals surface area contributed by atoms with Crippen LogP contribution in [0.3, 0.4) is 0 Å². The molecule has 1 aromatic carbocycles. The summed E-state index contributed by atoms with van der Waals surface area (Å²) in [5.41, 5.74) is 3.54. The number of nitrogens with zero attached hydrogens (tertiary/aromatic N) is 4. The number of urea groups is 1. The van der Waals surface area contributed by atoms with Crippen LogP contribution >= 0.6 is 23.2 Å². The summed E-state index contributed by atoms with van der Waals surface area (Å²) in [6.45, 7) is 7.72. The molecule has 36 heavy (non-hydrogen) atoms. The number of piperazine rings is 1. The number of hydrazine groups is 1. The second-order valence-electron chi connectivity index (χ2n) is 9.46. The molecule has 196 valence electrons. The number of benzene rings is 1. The smallest absolute Gasteiger partial charge is 0.329 e. The van der Waals surface area contributed by atoms with Gasteiger partial charge in [-0.05, 0) is 56.1 Å². The Morgan fingerprint density at radius 3 is 2.64 bits per heavy atom. The Labute approximate surface area is 221 Å². The maximum Gasteiger partial charge on any atom is 0.329 e. The van der Waals surface area contributed by atoms with Gasteiger partial charge in [0, 0.05) is 61.6 Å². The number of carbonyl (C=O) groups excluding carboxylic acids is 1. The van der Waals surface area contributed by atoms with Crippen LogP contribution in [0.1, 0.15) is 37.3 Å². The van der Waals surface area contributed by atoms with Crippen molar-refractivity contribution in [2.45, 2.75) is 51.4 Å². The second-order valence-corrected chi connectivity index (χ2v) is 10.3. The molecule has 0 saturated carbocycles. The van der Waals surface area contributed by atoms with Crippen LogP contribution in [0.5, 0.6) is 0 Å². The highest BCUT2D eigenvalue weighted by Crippen LogP contribution is 2.30. The van der Waals surface area contributed by atoms with Crippen molar-refractivity contribution in [1.82, 2.24) is 25.5 Å². The number of halogens is 3. The average molecular weight is 538 g/mol. The number of hydrogen-bond acceptors (Lipinski definition) is 6. The van der Waals surface area contributed by atoms with Crippen molar-refractivity contribution in [1.29, 1.82) is 0 Å². The Morgan fingerprint density at radius 1 is 1.19 bits per heavy atom. The maximum absolute atomic E-state index is 14.2. The molecule has 1 atom stereocenters. The molecule has 0 unspecified atom stereocenters. The molecule has 11 heteroatoms. The molecule has 2 fully saturated rings. The zero-order valence-corrected chi connectivity index (χ0v) is 22.0. The molecule has 2 amide bonds. The van der Waals surface area contributed by atoms with Gasteiger partial charge in [0.1, 0.15) is 11.6 Å². The van der Waals surface area contributed by atoms with Crippen molar-refractivity contribution < 1.29 is 9.18 Å². The Kier molecular flexibility index (Phi) is 9.25. The van der Waals surface area contributed by atoms with Crippen LogP contribution in [-0.4, -0.2) is 65.6 Å². The Balaban J connectivity index is 1.31. The van der Waals surface area contributed by atoms with E-state index in [9.17, 15) is 9.18 Å². The number of piperidine rings is 1. The van der Waals surface area contributed by atoms with Crippen LogP contribution in [0.25, 0.3) is 0 Å². The van der Waals surface area contributed by atoms with Gasteiger partial charge >= 0.3 is 6.03 Å². The molecule has 2 aromatic rings. The predicted molar refractivity (Wildman–Crippen MR) is 142 cm³/mol. The average Bonchev–Trinajstić information content (AvgIpc) is 2.89. The summed E-state index contributed by atoms with van der Waals surface area (Å²) >= 11 is 12.5. The van der Waals surface area contributed by atoms with E-state index in [-0.39, 0.29) is 5.82 Å². The first-order chi connectivity index (χ1) is 17.4. The number of carbonyl (C=O) groups is 1. The number of nitrogens with one attached hydrogen (secondary N) is 2. The van der Waals surface area contributed by atoms with Gasteiger partial charge in [-0.15, -0.1) is 0 Å². The topological polar surface area (TPSA) is 89.8 Å². The van der Waals surface area contributed by atoms with Gasteiger partial charge in [0.25, 0.3) is 0 Å². The van der Waals surface area contributed by atoms with Gasteiger partial charge in [0.15, 0.2) is 0 Å². The van der Waals surface area contributed by atoms with Gasteiger partial charge in [-0.1, -0.05) is 36.2 Å². The molecular formula is C25H34Cl2FN7O. The Bertz CT molecular complexity index is 1050. The van der Waals surface area contributed by atoms with Crippen LogP contribution in [0.2, 0.25) is 10.0 Å². The summed E-state index contributed by atoms with van der Waals surface area (Å²) in [5, 5.41) is 3.64. The highest BCUT2D eigenvalue weighted by Gasteiger charge is 2.34. The van der Waals surface area contributed by atoms with Crippen LogP contribution in [-0.2, 0) is 13.1 Å². The van der Waals surface area contributed by atoms with Crippen LogP contribution in [0.15, 0.2) is 30.5 Å². The van der Waals surface area contributed by atoms with Crippen molar-refractivity contribution in [3.8, 4) is 0 Å². The molecule has 4 N–H and O–H groups in total. The highest BCUT2D eigenvalue weighted by molar-refractivity contribution is 6.33. The minimum absolute atomic E-state index is 0.232. The first-order valence-electron chi connectivity index (χ1n) is 12.4. The van der Waals surface area contributed by atoms with Crippen LogP contribution in [0, 0.1) is 5.82 Å². The van der Waals surface area contributed by atoms with E-state index in [2.05, 4.69) is 31.9 Å². The number of anilines is 1. The van der Waals surface area contributed by atoms with Gasteiger partial charge < -0.3 is 10.2 Å². The number of hydrogen-bond donors (Lipinski definition) is 3. The molecule has 3 heterocycles. The Morgan fingerprint density at radius 2 is 1.97 bits per heavy atom. The first-order valence-corrected chi connectivity index (χ1v) is 13.2. The molecule has 0 aliphatic carbocycles. The molecule has 1 aromatic heterocycles. The summed E-state index contributed by atoms with van der Waals surface area (Å²) in [7, 11) is 0. The molecule has 2 aliphatic heterocycles. The maximum atomic E-state index is 14.2. The van der Waals surface area contributed by atoms with Gasteiger partial charge in [0.2, 0.25) is 0 Å². The van der Waals surface area contributed by atoms with Gasteiger partial charge in [-0.2, -0.15) is 0 Å². The number of nitrogens with two attached hydrogens (primary N) is 1. The first kappa shape index (κ1) is 26.9. The summed E-state index contributed by atoms with van der Waals surface area (Å²) < 4.78 is 14.2. The fraction of sp³-hybridized carbons (Fsp3) is 0.520. The second kappa shape index (κ2) is 12.4. The summed E-state index contributed by atoms with van der Waals surface area (Å²) in [6, 6.07) is 7.25. The normalized spacial score (nSPS) is 19.9. The monoisotopic (exact) mass is 537 g/mol. The number of rotatable bonds is 7. The summed E-state index contributed by atoms with van der Waals surface area (Å²) in [4.78, 5) is 23.1. The molecule has 4 rings (SSSR count). The molecule has 0 radical (unpaired) electrons. The molecule has 2 aliphatic rings. The van der Waals surface area contributed by atoms with E-state index < -0.39 is 6.03 Å². The standard InChI is InChI=1S/C25H34Cl2FN7O/c1-2-20-16-34(24-22(27)11-17(13-30-24)14-31-25(36)32-29)9-10-35(20)21-5-7-33(8-6-21)15-18-3-4-19(26)12-23(18)28/h3-4,11-13,20-21H,2,5-10,14-16,29H2,1H3,(H2,31,32,36)/t20-/m0/s1. The van der Waals surface area contributed by atoms with Crippen molar-refractivity contribution in [3.63, 3.8) is 0 Å². The van der Waals surface area contributed by atoms with E-state index in [0.29, 0.717) is 40.8 Å². The third-order valence-corrected chi connectivity index (χ3v) is 7.71. The number of likely N-dealkylation sites (tertiary alicyclic amines) is 1. The van der Waals surface area contributed by atoms with Crippen molar-refractivity contribution >= 4 is 35.1 Å². The predicted octanol–water partition coefficient (Wildman–Crippen LogP) is 3.77. The van der Waals surface area contributed by atoms with Crippen LogP contribution in [0.4, 0.5) is 15.0 Å². The Hall–Kier alpha value is -2.17. The quantitative estimate of drug-likeness (QED) is 0.283. The van der Waals surface area contributed by atoms with Gasteiger partial charge in [0.05, 0.1) is 5.02 Å². The fourth-order valence-corrected chi connectivity index (χ4v) is 5.71. The lowest BCUT2D eigenvalue weighted by atomic mass is 9.97. The van der Waals surface area contributed by atoms with E-state index in [1.54, 1.807) is 18.3 Å². The minimum Gasteiger partial charge on any atom is -0.353 e. The summed E-state index contributed by atoms with van der Waals surface area (Å²) in [5.74, 6) is 5.64. The van der Waals surface area contributed by atoms with E-state index in [4.69, 9.17) is 29.0 Å². The number of aromatic nitrogens is 1. The van der Waals surface area contributed by atoms with Gasteiger partial charge in [-0.3, -0.25) is 15.2 Å². The fourth-order valence-electron chi connectivity index (χ4n) is 5.24. The lowest BCUT2D eigenvalue weighted by molar-refractivity contribution is 0.0607. The van der Waals surface area contributed by atoms with Gasteiger partial charge in [-0.25, -0.2) is 20.0 Å². The van der Waals surface area contributed by atoms with Crippen molar-refractivity contribution in [2.24, 2.45) is 5.84 Å².